The van der Waals surface area contributed by atoms with Gasteiger partial charge in [-0.2, -0.15) is 0 Å². The van der Waals surface area contributed by atoms with Gasteiger partial charge in [-0.25, -0.2) is 9.97 Å². The minimum absolute atomic E-state index is 0.110. The minimum atomic E-state index is -0.364. The van der Waals surface area contributed by atoms with Gasteiger partial charge < -0.3 is 15.8 Å². The summed E-state index contributed by atoms with van der Waals surface area (Å²) in [5.74, 6) is 0.468. The van der Waals surface area contributed by atoms with Crippen LogP contribution in [0.15, 0.2) is 30.6 Å². The second kappa shape index (κ2) is 6.21. The molecule has 0 saturated carbocycles. The number of amides is 1. The number of rotatable bonds is 4. The van der Waals surface area contributed by atoms with E-state index in [0.29, 0.717) is 0 Å². The smallest absolute Gasteiger partial charge is 0.274 e. The van der Waals surface area contributed by atoms with E-state index in [9.17, 15) is 4.79 Å². The summed E-state index contributed by atoms with van der Waals surface area (Å²) in [4.78, 5) is 20.0. The lowest BCUT2D eigenvalue weighted by atomic mass is 10.0. The molecule has 2 rings (SSSR count). The fraction of sp³-hybridized carbons (Fsp3) is 0.267. The molecule has 21 heavy (non-hydrogen) atoms. The second-order valence-corrected chi connectivity index (χ2v) is 4.73. The third-order valence-corrected chi connectivity index (χ3v) is 3.14. The number of nitrogens with zero attached hydrogens (tertiary/aromatic N) is 2. The molecule has 0 aliphatic heterocycles. The number of hydrogen-bond acceptors (Lipinski definition) is 5. The second-order valence-electron chi connectivity index (χ2n) is 4.73. The maximum atomic E-state index is 12.2. The fourth-order valence-corrected chi connectivity index (χ4v) is 2.06. The molecule has 1 atom stereocenters. The number of aromatic nitrogens is 2. The maximum Gasteiger partial charge on any atom is 0.274 e. The first-order chi connectivity index (χ1) is 10.0. The number of anilines is 1. The lowest BCUT2D eigenvalue weighted by Gasteiger charge is -2.18. The number of hydrogen-bond donors (Lipinski definition) is 2. The van der Waals surface area contributed by atoms with Crippen molar-refractivity contribution in [1.82, 2.24) is 15.3 Å². The third-order valence-electron chi connectivity index (χ3n) is 3.14. The van der Waals surface area contributed by atoms with E-state index in [4.69, 9.17) is 10.5 Å². The first-order valence-corrected chi connectivity index (χ1v) is 6.54. The number of methoxy groups -OCH3 is 1. The number of nitrogen functional groups attached to an aromatic ring is 1. The van der Waals surface area contributed by atoms with Gasteiger partial charge in [0, 0.05) is 18.0 Å². The first-order valence-electron chi connectivity index (χ1n) is 6.54. The number of carbonyl (C=O) groups is 1. The average Bonchev–Trinajstić information content (AvgIpc) is 2.47. The van der Waals surface area contributed by atoms with E-state index in [2.05, 4.69) is 15.3 Å². The van der Waals surface area contributed by atoms with E-state index >= 15 is 0 Å². The number of ether oxygens (including phenoxy) is 1. The van der Waals surface area contributed by atoms with E-state index in [0.717, 1.165) is 16.9 Å². The van der Waals surface area contributed by atoms with E-state index < -0.39 is 0 Å². The van der Waals surface area contributed by atoms with Crippen molar-refractivity contribution in [3.05, 3.63) is 47.4 Å². The predicted molar refractivity (Wildman–Crippen MR) is 80.1 cm³/mol. The van der Waals surface area contributed by atoms with Gasteiger partial charge in [-0.3, -0.25) is 4.79 Å². The van der Waals surface area contributed by atoms with E-state index in [1.807, 2.05) is 32.0 Å². The van der Waals surface area contributed by atoms with Gasteiger partial charge in [-0.1, -0.05) is 17.7 Å². The van der Waals surface area contributed by atoms with Crippen LogP contribution in [0.1, 0.15) is 34.6 Å². The van der Waals surface area contributed by atoms with Crippen LogP contribution in [-0.4, -0.2) is 23.0 Å². The molecule has 1 aromatic heterocycles. The Morgan fingerprint density at radius 3 is 2.71 bits per heavy atom. The van der Waals surface area contributed by atoms with Gasteiger partial charge in [-0.05, 0) is 19.9 Å². The molecule has 0 saturated heterocycles. The highest BCUT2D eigenvalue weighted by atomic mass is 16.5. The maximum absolute atomic E-state index is 12.2. The molecule has 0 aliphatic rings. The lowest BCUT2D eigenvalue weighted by Crippen LogP contribution is -2.28. The molecule has 1 unspecified atom stereocenters. The molecule has 2 aromatic rings. The number of nitrogens with one attached hydrogen (secondary N) is 1. The van der Waals surface area contributed by atoms with Gasteiger partial charge in [0.2, 0.25) is 0 Å². The van der Waals surface area contributed by atoms with E-state index in [-0.39, 0.29) is 23.5 Å². The van der Waals surface area contributed by atoms with Crippen LogP contribution in [0.4, 0.5) is 5.82 Å². The molecule has 6 nitrogen and oxygen atoms in total. The molecule has 0 spiro atoms. The zero-order chi connectivity index (χ0) is 15.4. The number of carbonyl (C=O) groups excluding carboxylic acids is 1. The van der Waals surface area contributed by atoms with Crippen molar-refractivity contribution in [3.8, 4) is 5.75 Å². The van der Waals surface area contributed by atoms with Crippen molar-refractivity contribution in [2.45, 2.75) is 19.9 Å². The molecule has 110 valence electrons. The van der Waals surface area contributed by atoms with Crippen molar-refractivity contribution < 1.29 is 9.53 Å². The summed E-state index contributed by atoms with van der Waals surface area (Å²) in [5.41, 5.74) is 7.76. The Kier molecular flexibility index (Phi) is 4.37. The Morgan fingerprint density at radius 2 is 2.05 bits per heavy atom. The van der Waals surface area contributed by atoms with Crippen LogP contribution in [0.3, 0.4) is 0 Å². The summed E-state index contributed by atoms with van der Waals surface area (Å²) in [6.45, 7) is 3.86. The summed E-state index contributed by atoms with van der Waals surface area (Å²) >= 11 is 0. The molecule has 0 aliphatic carbocycles. The van der Waals surface area contributed by atoms with Crippen LogP contribution in [0.5, 0.6) is 5.75 Å². The highest BCUT2D eigenvalue weighted by Crippen LogP contribution is 2.26. The molecular formula is C15H18N4O2. The summed E-state index contributed by atoms with van der Waals surface area (Å²) in [5, 5.41) is 2.85. The first kappa shape index (κ1) is 14.8. The number of nitrogens with two attached hydrogens (primary N) is 1. The molecule has 1 heterocycles. The van der Waals surface area contributed by atoms with Gasteiger partial charge in [0.1, 0.15) is 5.75 Å². The third kappa shape index (κ3) is 3.28. The number of benzene rings is 1. The zero-order valence-electron chi connectivity index (χ0n) is 12.3. The van der Waals surface area contributed by atoms with Crippen LogP contribution in [0.25, 0.3) is 0 Å². The number of aryl methyl sites for hydroxylation is 1. The van der Waals surface area contributed by atoms with E-state index in [1.165, 1.54) is 12.4 Å². The van der Waals surface area contributed by atoms with Gasteiger partial charge in [0.25, 0.3) is 5.91 Å². The van der Waals surface area contributed by atoms with Crippen LogP contribution in [0.2, 0.25) is 0 Å². The Morgan fingerprint density at radius 1 is 1.33 bits per heavy atom. The van der Waals surface area contributed by atoms with Gasteiger partial charge >= 0.3 is 0 Å². The Bertz CT molecular complexity index is 658. The zero-order valence-corrected chi connectivity index (χ0v) is 12.3. The van der Waals surface area contributed by atoms with Gasteiger partial charge in [-0.15, -0.1) is 0 Å². The van der Waals surface area contributed by atoms with Crippen molar-refractivity contribution in [2.24, 2.45) is 0 Å². The average molecular weight is 286 g/mol. The fourth-order valence-electron chi connectivity index (χ4n) is 2.06. The predicted octanol–water partition coefficient (Wildman–Crippen LogP) is 1.87. The van der Waals surface area contributed by atoms with Gasteiger partial charge in [0.15, 0.2) is 11.5 Å². The van der Waals surface area contributed by atoms with Crippen LogP contribution in [0, 0.1) is 6.92 Å². The lowest BCUT2D eigenvalue weighted by molar-refractivity contribution is 0.0935. The molecular weight excluding hydrogens is 268 g/mol. The highest BCUT2D eigenvalue weighted by Gasteiger charge is 2.18. The Balaban J connectivity index is 2.22. The molecule has 1 aromatic carbocycles. The summed E-state index contributed by atoms with van der Waals surface area (Å²) < 4.78 is 5.33. The summed E-state index contributed by atoms with van der Waals surface area (Å²) in [6, 6.07) is 5.57. The summed E-state index contributed by atoms with van der Waals surface area (Å²) in [7, 11) is 1.60. The SMILES string of the molecule is COc1ccc(C)cc1C(C)NC(=O)c1nccnc1N. The van der Waals surface area contributed by atoms with E-state index in [1.54, 1.807) is 7.11 Å². The standard InChI is InChI=1S/C15H18N4O2/c1-9-4-5-12(21-3)11(8-9)10(2)19-15(20)13-14(16)18-7-6-17-13/h4-8,10H,1-3H3,(H2,16,18)(H,19,20). The normalized spacial score (nSPS) is 11.8. The van der Waals surface area contributed by atoms with Crippen molar-refractivity contribution in [1.29, 1.82) is 0 Å². The largest absolute Gasteiger partial charge is 0.496 e. The quantitative estimate of drug-likeness (QED) is 0.895. The van der Waals surface area contributed by atoms with Crippen molar-refractivity contribution in [2.75, 3.05) is 12.8 Å². The molecule has 0 radical (unpaired) electrons. The molecule has 6 heteroatoms. The highest BCUT2D eigenvalue weighted by molar-refractivity contribution is 5.96. The monoisotopic (exact) mass is 286 g/mol. The Hall–Kier alpha value is -2.63. The van der Waals surface area contributed by atoms with Gasteiger partial charge in [0.05, 0.1) is 13.2 Å². The van der Waals surface area contributed by atoms with Crippen LogP contribution in [-0.2, 0) is 0 Å². The molecule has 0 bridgehead atoms. The van der Waals surface area contributed by atoms with Crippen LogP contribution >= 0.6 is 0 Å². The molecule has 3 N–H and O–H groups in total. The Labute approximate surface area is 123 Å². The van der Waals surface area contributed by atoms with Crippen molar-refractivity contribution >= 4 is 11.7 Å². The van der Waals surface area contributed by atoms with Crippen molar-refractivity contribution in [3.63, 3.8) is 0 Å². The topological polar surface area (TPSA) is 90.1 Å². The minimum Gasteiger partial charge on any atom is -0.496 e. The molecule has 0 fully saturated rings. The van der Waals surface area contributed by atoms with Crippen LogP contribution < -0.4 is 15.8 Å². The summed E-state index contributed by atoms with van der Waals surface area (Å²) in [6.07, 6.45) is 2.88. The molecule has 1 amide bonds.